The molecule has 1 atom stereocenters. The monoisotopic (exact) mass is 687 g/mol. The maximum atomic E-state index is 2.50. The minimum Gasteiger partial charge on any atom is -0.309 e. The molecule has 254 valence electrons. The van der Waals surface area contributed by atoms with Gasteiger partial charge in [-0.3, -0.25) is 0 Å². The first-order chi connectivity index (χ1) is 26.8. The van der Waals surface area contributed by atoms with Crippen LogP contribution in [0.15, 0.2) is 194 Å². The molecule has 1 aliphatic carbocycles. The van der Waals surface area contributed by atoms with Crippen molar-refractivity contribution in [1.82, 2.24) is 4.57 Å². The van der Waals surface area contributed by atoms with Gasteiger partial charge in [0.05, 0.1) is 11.0 Å². The summed E-state index contributed by atoms with van der Waals surface area (Å²) in [6, 6.07) is 72.1. The molecule has 0 radical (unpaired) electrons. The number of rotatable bonds is 4. The highest BCUT2D eigenvalue weighted by molar-refractivity contribution is 6.22. The molecule has 0 fully saturated rings. The number of aromatic nitrogens is 1. The Bertz CT molecular complexity index is 2980. The number of fused-ring (bicyclic) bond motifs is 8. The van der Waals surface area contributed by atoms with Gasteiger partial charge in [-0.25, -0.2) is 0 Å². The van der Waals surface area contributed by atoms with Crippen molar-refractivity contribution in [2.75, 3.05) is 0 Å². The molecule has 0 aliphatic heterocycles. The maximum absolute atomic E-state index is 2.50. The normalized spacial score (nSPS) is 14.0. The van der Waals surface area contributed by atoms with E-state index in [0.717, 1.165) is 12.8 Å². The molecule has 0 amide bonds. The van der Waals surface area contributed by atoms with Gasteiger partial charge in [0.2, 0.25) is 0 Å². The van der Waals surface area contributed by atoms with E-state index in [1.165, 1.54) is 99.1 Å². The molecule has 0 bridgehead atoms. The van der Waals surface area contributed by atoms with Crippen LogP contribution in [0.5, 0.6) is 0 Å². The molecule has 9 aromatic carbocycles. The molecule has 0 spiro atoms. The second-order valence-corrected chi connectivity index (χ2v) is 14.7. The van der Waals surface area contributed by atoms with E-state index in [1.807, 2.05) is 0 Å². The summed E-state index contributed by atoms with van der Waals surface area (Å²) < 4.78 is 2.42. The van der Waals surface area contributed by atoms with Crippen molar-refractivity contribution >= 4 is 43.4 Å². The standard InChI is InChI=1S/C53H37N/c1-3-15-35(16-4-1)40-30-27-36-33-37(28-31-41(36)43-20-8-7-19-42(40)43)52-46-22-9-11-24-48(46)53(49-25-12-10-23-47(49)52)38-29-32-45-44-21-13-14-26-50(44)54(51(45)34-38)39-17-5-2-6-18-39/h1-26,28-29,31-34,40H,27,30H2. The van der Waals surface area contributed by atoms with E-state index in [9.17, 15) is 0 Å². The van der Waals surface area contributed by atoms with Crippen LogP contribution in [0, 0.1) is 0 Å². The van der Waals surface area contributed by atoms with Crippen LogP contribution in [-0.2, 0) is 6.42 Å². The fraction of sp³-hybridized carbons (Fsp3) is 0.0566. The zero-order valence-corrected chi connectivity index (χ0v) is 29.9. The number of hydrogen-bond donors (Lipinski definition) is 0. The first kappa shape index (κ1) is 30.9. The Morgan fingerprint density at radius 1 is 0.389 bits per heavy atom. The molecule has 10 aromatic rings. The van der Waals surface area contributed by atoms with Crippen molar-refractivity contribution in [3.05, 3.63) is 211 Å². The molecular weight excluding hydrogens is 651 g/mol. The summed E-state index contributed by atoms with van der Waals surface area (Å²) in [5.41, 5.74) is 15.7. The van der Waals surface area contributed by atoms with E-state index in [1.54, 1.807) is 0 Å². The van der Waals surface area contributed by atoms with Gasteiger partial charge in [0.1, 0.15) is 0 Å². The lowest BCUT2D eigenvalue weighted by molar-refractivity contribution is 0.726. The van der Waals surface area contributed by atoms with Gasteiger partial charge in [-0.2, -0.15) is 0 Å². The number of hydrogen-bond acceptors (Lipinski definition) is 0. The SMILES string of the molecule is c1ccc(C2CCc3cc(-c4c5ccccc5c(-c5ccc6c7ccccc7n(-c7ccccc7)c6c5)c5ccccc45)ccc3-c3ccccc32)cc1. The van der Waals surface area contributed by atoms with Gasteiger partial charge in [-0.05, 0) is 109 Å². The molecule has 1 aliphatic rings. The molecular formula is C53H37N. The Kier molecular flexibility index (Phi) is 7.13. The zero-order chi connectivity index (χ0) is 35.6. The van der Waals surface area contributed by atoms with E-state index in [0.29, 0.717) is 5.92 Å². The van der Waals surface area contributed by atoms with E-state index >= 15 is 0 Å². The Labute approximate surface area is 315 Å². The molecule has 0 N–H and O–H groups in total. The first-order valence-electron chi connectivity index (χ1n) is 19.1. The van der Waals surface area contributed by atoms with Crippen LogP contribution in [-0.4, -0.2) is 4.57 Å². The minimum absolute atomic E-state index is 0.372. The molecule has 11 rings (SSSR count). The molecule has 1 heteroatoms. The second-order valence-electron chi connectivity index (χ2n) is 14.7. The van der Waals surface area contributed by atoms with Crippen molar-refractivity contribution in [2.24, 2.45) is 0 Å². The lowest BCUT2D eigenvalue weighted by Crippen LogP contribution is -2.01. The van der Waals surface area contributed by atoms with Gasteiger partial charge in [0.25, 0.3) is 0 Å². The first-order valence-corrected chi connectivity index (χ1v) is 19.1. The topological polar surface area (TPSA) is 4.93 Å². The summed E-state index contributed by atoms with van der Waals surface area (Å²) in [5, 5.41) is 7.66. The molecule has 1 aromatic heterocycles. The van der Waals surface area contributed by atoms with Gasteiger partial charge < -0.3 is 4.57 Å². The van der Waals surface area contributed by atoms with E-state index in [2.05, 4.69) is 199 Å². The van der Waals surface area contributed by atoms with Gasteiger partial charge in [0, 0.05) is 22.4 Å². The van der Waals surface area contributed by atoms with Crippen LogP contribution >= 0.6 is 0 Å². The second kappa shape index (κ2) is 12.5. The van der Waals surface area contributed by atoms with Crippen molar-refractivity contribution in [3.8, 4) is 39.1 Å². The average Bonchev–Trinajstić information content (AvgIpc) is 3.47. The lowest BCUT2D eigenvalue weighted by Gasteiger charge is -2.19. The average molecular weight is 688 g/mol. The Morgan fingerprint density at radius 3 is 1.63 bits per heavy atom. The number of para-hydroxylation sites is 2. The molecule has 54 heavy (non-hydrogen) atoms. The quantitative estimate of drug-likeness (QED) is 0.162. The third-order valence-electron chi connectivity index (χ3n) is 11.8. The van der Waals surface area contributed by atoms with Crippen LogP contribution in [0.2, 0.25) is 0 Å². The highest BCUT2D eigenvalue weighted by Crippen LogP contribution is 2.47. The van der Waals surface area contributed by atoms with Crippen molar-refractivity contribution in [3.63, 3.8) is 0 Å². The zero-order valence-electron chi connectivity index (χ0n) is 29.9. The Morgan fingerprint density at radius 2 is 0.926 bits per heavy atom. The predicted molar refractivity (Wildman–Crippen MR) is 229 cm³/mol. The predicted octanol–water partition coefficient (Wildman–Crippen LogP) is 14.2. The fourth-order valence-electron chi connectivity index (χ4n) is 9.48. The third-order valence-corrected chi connectivity index (χ3v) is 11.8. The number of nitrogens with zero attached hydrogens (tertiary/aromatic N) is 1. The largest absolute Gasteiger partial charge is 0.309 e. The van der Waals surface area contributed by atoms with Gasteiger partial charge in [0.15, 0.2) is 0 Å². The fourth-order valence-corrected chi connectivity index (χ4v) is 9.48. The molecule has 1 unspecified atom stereocenters. The Hall–Kier alpha value is -6.70. The van der Waals surface area contributed by atoms with Crippen LogP contribution in [0.1, 0.15) is 29.0 Å². The summed E-state index contributed by atoms with van der Waals surface area (Å²) in [6.07, 6.45) is 2.11. The van der Waals surface area contributed by atoms with E-state index < -0.39 is 0 Å². The van der Waals surface area contributed by atoms with Crippen LogP contribution in [0.4, 0.5) is 0 Å². The van der Waals surface area contributed by atoms with Crippen molar-refractivity contribution in [2.45, 2.75) is 18.8 Å². The van der Waals surface area contributed by atoms with E-state index in [-0.39, 0.29) is 0 Å². The summed E-state index contributed by atoms with van der Waals surface area (Å²) in [7, 11) is 0. The third kappa shape index (κ3) is 4.79. The lowest BCUT2D eigenvalue weighted by atomic mass is 9.84. The summed E-state index contributed by atoms with van der Waals surface area (Å²) in [6.45, 7) is 0. The van der Waals surface area contributed by atoms with Crippen LogP contribution < -0.4 is 0 Å². The molecule has 1 heterocycles. The van der Waals surface area contributed by atoms with Crippen molar-refractivity contribution < 1.29 is 0 Å². The van der Waals surface area contributed by atoms with Crippen LogP contribution in [0.3, 0.4) is 0 Å². The highest BCUT2D eigenvalue weighted by atomic mass is 15.0. The van der Waals surface area contributed by atoms with E-state index in [4.69, 9.17) is 0 Å². The summed E-state index contributed by atoms with van der Waals surface area (Å²) in [4.78, 5) is 0. The van der Waals surface area contributed by atoms with Crippen molar-refractivity contribution in [1.29, 1.82) is 0 Å². The smallest absolute Gasteiger partial charge is 0.0547 e. The summed E-state index contributed by atoms with van der Waals surface area (Å²) >= 11 is 0. The van der Waals surface area contributed by atoms with Gasteiger partial charge in [-0.1, -0.05) is 170 Å². The molecule has 1 nitrogen and oxygen atoms in total. The number of aryl methyl sites for hydroxylation is 1. The number of benzene rings is 9. The Balaban J connectivity index is 1.12. The maximum Gasteiger partial charge on any atom is 0.0547 e. The molecule has 0 saturated heterocycles. The van der Waals surface area contributed by atoms with Gasteiger partial charge >= 0.3 is 0 Å². The molecule has 0 saturated carbocycles. The van der Waals surface area contributed by atoms with Crippen LogP contribution in [0.25, 0.3) is 82.4 Å². The highest BCUT2D eigenvalue weighted by Gasteiger charge is 2.25. The minimum atomic E-state index is 0.372. The van der Waals surface area contributed by atoms with Gasteiger partial charge in [-0.15, -0.1) is 0 Å². The summed E-state index contributed by atoms with van der Waals surface area (Å²) in [5.74, 6) is 0.372.